The average Bonchev–Trinajstić information content (AvgIpc) is 3.34. The van der Waals surface area contributed by atoms with E-state index in [1.807, 2.05) is 0 Å². The van der Waals surface area contributed by atoms with Crippen LogP contribution in [0.1, 0.15) is 284 Å². The molecule has 404 valence electrons. The summed E-state index contributed by atoms with van der Waals surface area (Å²) in [7, 11) is 0. The lowest BCUT2D eigenvalue weighted by molar-refractivity contribution is -0.303. The molecule has 1 amide bonds. The lowest BCUT2D eigenvalue weighted by atomic mass is 9.96. The van der Waals surface area contributed by atoms with Crippen LogP contribution in [0.2, 0.25) is 0 Å². The van der Waals surface area contributed by atoms with Crippen LogP contribution in [-0.4, -0.2) is 106 Å². The van der Waals surface area contributed by atoms with E-state index < -0.39 is 55.0 Å². The molecule has 2 aliphatic rings. The molecular weight excluding hydrogens is 857 g/mol. The second-order valence-electron chi connectivity index (χ2n) is 21.4. The van der Waals surface area contributed by atoms with Gasteiger partial charge >= 0.3 is 6.09 Å². The molecule has 7 N–H and O–H groups in total. The van der Waals surface area contributed by atoms with E-state index in [2.05, 4.69) is 24.5 Å². The summed E-state index contributed by atoms with van der Waals surface area (Å²) < 4.78 is 17.2. The number of aliphatic hydroxyl groups excluding tert-OH is 5. The minimum absolute atomic E-state index is 0.0519. The molecule has 0 radical (unpaired) electrons. The van der Waals surface area contributed by atoms with Gasteiger partial charge in [0.15, 0.2) is 6.29 Å². The predicted octanol–water partition coefficient (Wildman–Crippen LogP) is 13.0. The first-order valence-corrected chi connectivity index (χ1v) is 29.6. The molecule has 1 saturated carbocycles. The Morgan fingerprint density at radius 3 is 1.35 bits per heavy atom. The highest BCUT2D eigenvalue weighted by Crippen LogP contribution is 2.25. The molecule has 0 spiro atoms. The van der Waals surface area contributed by atoms with Gasteiger partial charge in [-0.2, -0.15) is 0 Å². The molecule has 1 aliphatic heterocycles. The Morgan fingerprint density at radius 2 is 0.926 bits per heavy atom. The number of carbonyl (C=O) groups is 1. The zero-order valence-electron chi connectivity index (χ0n) is 44.4. The van der Waals surface area contributed by atoms with Gasteiger partial charge in [-0.15, -0.1) is 0 Å². The molecule has 8 atom stereocenters. The molecule has 0 aromatic heterocycles. The Bertz CT molecular complexity index is 1100. The molecule has 1 aliphatic carbocycles. The van der Waals surface area contributed by atoms with E-state index >= 15 is 0 Å². The van der Waals surface area contributed by atoms with Gasteiger partial charge in [0, 0.05) is 6.04 Å². The lowest BCUT2D eigenvalue weighted by Crippen LogP contribution is -2.60. The minimum atomic E-state index is -1.59. The Morgan fingerprint density at radius 1 is 0.529 bits per heavy atom. The van der Waals surface area contributed by atoms with E-state index in [1.54, 1.807) is 0 Å². The van der Waals surface area contributed by atoms with Crippen molar-refractivity contribution in [2.45, 2.75) is 339 Å². The molecule has 1 heterocycles. The summed E-state index contributed by atoms with van der Waals surface area (Å²) in [6.45, 7) is 4.75. The summed E-state index contributed by atoms with van der Waals surface area (Å²) in [6.07, 6.45) is 42.8. The van der Waals surface area contributed by atoms with E-state index in [0.717, 1.165) is 70.6 Å². The Hall–Kier alpha value is -1.05. The van der Waals surface area contributed by atoms with E-state index in [0.29, 0.717) is 13.0 Å². The molecule has 11 nitrogen and oxygen atoms in total. The molecule has 2 fully saturated rings. The molecule has 11 heteroatoms. The average molecular weight is 970 g/mol. The van der Waals surface area contributed by atoms with Crippen molar-refractivity contribution >= 4 is 6.09 Å². The van der Waals surface area contributed by atoms with Gasteiger partial charge in [-0.1, -0.05) is 258 Å². The first-order valence-electron chi connectivity index (χ1n) is 29.6. The predicted molar refractivity (Wildman–Crippen MR) is 280 cm³/mol. The van der Waals surface area contributed by atoms with Gasteiger partial charge in [0.2, 0.25) is 0 Å². The van der Waals surface area contributed by atoms with Crippen molar-refractivity contribution in [2.24, 2.45) is 0 Å². The van der Waals surface area contributed by atoms with Crippen LogP contribution in [0, 0.1) is 0 Å². The highest BCUT2D eigenvalue weighted by atomic mass is 16.7. The maximum Gasteiger partial charge on any atom is 0.407 e. The molecule has 0 bridgehead atoms. The maximum atomic E-state index is 12.5. The Kier molecular flexibility index (Phi) is 41.4. The van der Waals surface area contributed by atoms with E-state index in [9.17, 15) is 30.3 Å². The third-order valence-electron chi connectivity index (χ3n) is 15.0. The number of amides is 1. The third-order valence-corrected chi connectivity index (χ3v) is 15.0. The van der Waals surface area contributed by atoms with Crippen LogP contribution in [0.4, 0.5) is 4.79 Å². The van der Waals surface area contributed by atoms with Crippen molar-refractivity contribution in [3.05, 3.63) is 0 Å². The smallest absolute Gasteiger partial charge is 0.407 e. The number of rotatable bonds is 47. The fourth-order valence-corrected chi connectivity index (χ4v) is 10.3. The standard InChI is InChI=1S/C57H112N2O9/c1-3-5-7-9-11-13-15-17-18-19-20-21-22-23-24-25-26-27-28-30-32-34-36-41-45-58-49(52(61)50(60)44-40-35-33-31-29-16-14-12-10-8-6-4-2)46-66-56-55(64)54(63)53(62)51(68-56)47-67-57(65)59-48-42-38-37-39-43-48/h48-56,58,60-64H,3-47H2,1-2H3,(H,59,65)/t49-,50+,51+,52-,53-,54-,55+,56-/m0/s1. The van der Waals surface area contributed by atoms with Gasteiger partial charge < -0.3 is 50.4 Å². The second kappa shape index (κ2) is 44.6. The van der Waals surface area contributed by atoms with Gasteiger partial charge in [-0.25, -0.2) is 4.79 Å². The fraction of sp³-hybridized carbons (Fsp3) is 0.982. The monoisotopic (exact) mass is 969 g/mol. The molecule has 2 rings (SSSR count). The van der Waals surface area contributed by atoms with Gasteiger partial charge in [0.05, 0.1) is 24.9 Å². The summed E-state index contributed by atoms with van der Waals surface area (Å²) in [5.74, 6) is 0. The fourth-order valence-electron chi connectivity index (χ4n) is 10.3. The number of carbonyl (C=O) groups excluding carboxylic acids is 1. The largest absolute Gasteiger partial charge is 0.447 e. The number of unbranched alkanes of at least 4 members (excludes halogenated alkanes) is 34. The molecular formula is C57H112N2O9. The van der Waals surface area contributed by atoms with Gasteiger partial charge in [0.1, 0.15) is 31.0 Å². The lowest BCUT2D eigenvalue weighted by Gasteiger charge is -2.40. The highest BCUT2D eigenvalue weighted by Gasteiger charge is 2.45. The third kappa shape index (κ3) is 32.8. The van der Waals surface area contributed by atoms with Gasteiger partial charge in [0.25, 0.3) is 0 Å². The normalized spacial score (nSPS) is 21.5. The van der Waals surface area contributed by atoms with Crippen LogP contribution in [-0.2, 0) is 14.2 Å². The zero-order chi connectivity index (χ0) is 49.1. The molecule has 1 saturated heterocycles. The first-order chi connectivity index (χ1) is 33.3. The summed E-state index contributed by atoms with van der Waals surface area (Å²) >= 11 is 0. The van der Waals surface area contributed by atoms with Crippen molar-refractivity contribution in [2.75, 3.05) is 19.8 Å². The molecule has 0 unspecified atom stereocenters. The second-order valence-corrected chi connectivity index (χ2v) is 21.4. The molecule has 68 heavy (non-hydrogen) atoms. The van der Waals surface area contributed by atoms with Crippen LogP contribution in [0.3, 0.4) is 0 Å². The topological polar surface area (TPSA) is 170 Å². The van der Waals surface area contributed by atoms with Crippen molar-refractivity contribution in [3.63, 3.8) is 0 Å². The zero-order valence-corrected chi connectivity index (χ0v) is 44.4. The van der Waals surface area contributed by atoms with Crippen LogP contribution in [0.15, 0.2) is 0 Å². The summed E-state index contributed by atoms with van der Waals surface area (Å²) in [4.78, 5) is 12.5. The summed E-state index contributed by atoms with van der Waals surface area (Å²) in [6, 6.07) is -0.598. The summed E-state index contributed by atoms with van der Waals surface area (Å²) in [5, 5.41) is 61.0. The highest BCUT2D eigenvalue weighted by molar-refractivity contribution is 5.67. The van der Waals surface area contributed by atoms with Gasteiger partial charge in [-0.05, 0) is 32.2 Å². The van der Waals surface area contributed by atoms with E-state index in [-0.39, 0.29) is 19.3 Å². The Labute approximate surface area is 418 Å². The number of hydrogen-bond acceptors (Lipinski definition) is 10. The minimum Gasteiger partial charge on any atom is -0.447 e. The van der Waals surface area contributed by atoms with Crippen molar-refractivity contribution in [1.29, 1.82) is 0 Å². The molecule has 0 aromatic rings. The van der Waals surface area contributed by atoms with Crippen molar-refractivity contribution in [1.82, 2.24) is 10.6 Å². The maximum absolute atomic E-state index is 12.5. The van der Waals surface area contributed by atoms with Crippen molar-refractivity contribution < 1.29 is 44.5 Å². The van der Waals surface area contributed by atoms with Crippen molar-refractivity contribution in [3.8, 4) is 0 Å². The SMILES string of the molecule is CCCCCCCCCCCCCCCCCCCCCCCCCCN[C@@H](CO[C@H]1O[C@H](COC(=O)NC2CCCCC2)[C@H](O)[C@H](O)[C@H]1O)[C@H](O)[C@H](O)CCCCCCCCCCCCCC. The van der Waals surface area contributed by atoms with Crippen LogP contribution >= 0.6 is 0 Å². The number of ether oxygens (including phenoxy) is 3. The van der Waals surface area contributed by atoms with Crippen LogP contribution in [0.5, 0.6) is 0 Å². The number of nitrogens with one attached hydrogen (secondary N) is 2. The number of alkyl carbamates (subject to hydrolysis) is 1. The quantitative estimate of drug-likeness (QED) is 0.0291. The van der Waals surface area contributed by atoms with E-state index in [4.69, 9.17) is 14.2 Å². The van der Waals surface area contributed by atoms with Gasteiger partial charge in [-0.3, -0.25) is 0 Å². The van der Waals surface area contributed by atoms with Crippen LogP contribution < -0.4 is 10.6 Å². The first kappa shape index (κ1) is 63.1. The van der Waals surface area contributed by atoms with Crippen LogP contribution in [0.25, 0.3) is 0 Å². The number of hydrogen-bond donors (Lipinski definition) is 7. The summed E-state index contributed by atoms with van der Waals surface area (Å²) in [5.41, 5.74) is 0. The Balaban J connectivity index is 1.66. The molecule has 0 aromatic carbocycles. The number of aliphatic hydroxyl groups is 5. The van der Waals surface area contributed by atoms with E-state index in [1.165, 1.54) is 193 Å².